The molecule has 0 saturated carbocycles. The summed E-state index contributed by atoms with van der Waals surface area (Å²) < 4.78 is 0. The largest absolute Gasteiger partial charge is 0.481 e. The summed E-state index contributed by atoms with van der Waals surface area (Å²) >= 11 is 0. The predicted octanol–water partition coefficient (Wildman–Crippen LogP) is 1.23. The normalized spacial score (nSPS) is 18.3. The fourth-order valence-corrected chi connectivity index (χ4v) is 2.32. The molecule has 0 radical (unpaired) electrons. The molecule has 0 aromatic carbocycles. The number of hydrogen-bond donors (Lipinski definition) is 2. The Kier molecular flexibility index (Phi) is 6.72. The van der Waals surface area contributed by atoms with Crippen LogP contribution >= 0.6 is 0 Å². The minimum absolute atomic E-state index is 0.0410. The number of piperidine rings is 1. The fraction of sp³-hybridized carbons (Fsp3) is 0.846. The van der Waals surface area contributed by atoms with Crippen LogP contribution in [0.2, 0.25) is 0 Å². The number of carboxylic acids is 1. The molecule has 1 unspecified atom stereocenters. The van der Waals surface area contributed by atoms with Gasteiger partial charge in [0.05, 0.1) is 0 Å². The zero-order valence-corrected chi connectivity index (χ0v) is 11.2. The lowest BCUT2D eigenvalue weighted by Gasteiger charge is -2.29. The van der Waals surface area contributed by atoms with E-state index in [9.17, 15) is 9.59 Å². The second kappa shape index (κ2) is 8.08. The maximum absolute atomic E-state index is 11.6. The van der Waals surface area contributed by atoms with E-state index in [1.807, 2.05) is 6.92 Å². The molecule has 2 N–H and O–H groups in total. The molecule has 0 bridgehead atoms. The topological polar surface area (TPSA) is 69.6 Å². The standard InChI is InChI=1S/C13H24N2O3/c1-11(10-15-8-3-2-4-9-15)14-12(16)6-5-7-13(17)18/h11H,2-10H2,1H3,(H,14,16)(H,17,18). The van der Waals surface area contributed by atoms with Crippen molar-refractivity contribution in [1.29, 1.82) is 0 Å². The molecule has 0 aliphatic carbocycles. The Hall–Kier alpha value is -1.10. The highest BCUT2D eigenvalue weighted by atomic mass is 16.4. The number of likely N-dealkylation sites (tertiary alicyclic amines) is 1. The summed E-state index contributed by atoms with van der Waals surface area (Å²) in [7, 11) is 0. The first kappa shape index (κ1) is 15.0. The molecule has 1 heterocycles. The molecule has 5 heteroatoms. The van der Waals surface area contributed by atoms with Crippen molar-refractivity contribution in [2.45, 2.75) is 51.5 Å². The van der Waals surface area contributed by atoms with Gasteiger partial charge in [0.1, 0.15) is 0 Å². The summed E-state index contributed by atoms with van der Waals surface area (Å²) in [5.41, 5.74) is 0. The summed E-state index contributed by atoms with van der Waals surface area (Å²) in [4.78, 5) is 24.3. The SMILES string of the molecule is CC(CN1CCCCC1)NC(=O)CCCC(=O)O. The van der Waals surface area contributed by atoms with E-state index >= 15 is 0 Å². The van der Waals surface area contributed by atoms with Gasteiger partial charge in [0.2, 0.25) is 5.91 Å². The number of carboxylic acid groups (broad SMARTS) is 1. The van der Waals surface area contributed by atoms with E-state index in [1.165, 1.54) is 19.3 Å². The lowest BCUT2D eigenvalue weighted by atomic mass is 10.1. The molecule has 1 aliphatic heterocycles. The molecule has 0 aromatic heterocycles. The number of aliphatic carboxylic acids is 1. The van der Waals surface area contributed by atoms with Crippen molar-refractivity contribution >= 4 is 11.9 Å². The van der Waals surface area contributed by atoms with Crippen LogP contribution in [0, 0.1) is 0 Å². The molecule has 1 rings (SSSR count). The number of nitrogens with one attached hydrogen (secondary N) is 1. The second-order valence-electron chi connectivity index (χ2n) is 5.08. The summed E-state index contributed by atoms with van der Waals surface area (Å²) in [5.74, 6) is -0.884. The van der Waals surface area contributed by atoms with Crippen molar-refractivity contribution < 1.29 is 14.7 Å². The summed E-state index contributed by atoms with van der Waals surface area (Å²) in [6.45, 7) is 5.15. The maximum atomic E-state index is 11.6. The highest BCUT2D eigenvalue weighted by Crippen LogP contribution is 2.08. The number of carbonyl (C=O) groups is 2. The van der Waals surface area contributed by atoms with Crippen molar-refractivity contribution in [2.24, 2.45) is 0 Å². The fourth-order valence-electron chi connectivity index (χ4n) is 2.32. The van der Waals surface area contributed by atoms with Gasteiger partial charge in [0.15, 0.2) is 0 Å². The van der Waals surface area contributed by atoms with Crippen LogP contribution in [0.4, 0.5) is 0 Å². The molecule has 1 atom stereocenters. The van der Waals surface area contributed by atoms with Crippen molar-refractivity contribution in [3.05, 3.63) is 0 Å². The quantitative estimate of drug-likeness (QED) is 0.719. The van der Waals surface area contributed by atoms with Crippen molar-refractivity contribution in [3.8, 4) is 0 Å². The molecule has 5 nitrogen and oxygen atoms in total. The van der Waals surface area contributed by atoms with Crippen molar-refractivity contribution in [3.63, 3.8) is 0 Å². The van der Waals surface area contributed by atoms with Crippen LogP contribution in [0.15, 0.2) is 0 Å². The lowest BCUT2D eigenvalue weighted by molar-refractivity contribution is -0.137. The average Bonchev–Trinajstić information content (AvgIpc) is 2.29. The first-order chi connectivity index (χ1) is 8.58. The van der Waals surface area contributed by atoms with Crippen LogP contribution in [-0.2, 0) is 9.59 Å². The molecule has 0 spiro atoms. The average molecular weight is 256 g/mol. The van der Waals surface area contributed by atoms with Crippen molar-refractivity contribution in [2.75, 3.05) is 19.6 Å². The van der Waals surface area contributed by atoms with Crippen LogP contribution in [-0.4, -0.2) is 47.6 Å². The van der Waals surface area contributed by atoms with Gasteiger partial charge in [0, 0.05) is 25.4 Å². The Morgan fingerprint density at radius 1 is 1.22 bits per heavy atom. The van der Waals surface area contributed by atoms with E-state index in [-0.39, 0.29) is 18.4 Å². The highest BCUT2D eigenvalue weighted by molar-refractivity contribution is 5.77. The Bertz CT molecular complexity index is 275. The molecule has 1 fully saturated rings. The van der Waals surface area contributed by atoms with Crippen LogP contribution in [0.1, 0.15) is 45.4 Å². The van der Waals surface area contributed by atoms with Gasteiger partial charge >= 0.3 is 5.97 Å². The van der Waals surface area contributed by atoms with Gasteiger partial charge < -0.3 is 15.3 Å². The van der Waals surface area contributed by atoms with Crippen LogP contribution in [0.3, 0.4) is 0 Å². The van der Waals surface area contributed by atoms with Gasteiger partial charge in [-0.3, -0.25) is 9.59 Å². The Morgan fingerprint density at radius 2 is 1.89 bits per heavy atom. The molecule has 1 amide bonds. The van der Waals surface area contributed by atoms with E-state index in [1.54, 1.807) is 0 Å². The summed E-state index contributed by atoms with van der Waals surface area (Å²) in [6, 6.07) is 0.139. The molecule has 1 saturated heterocycles. The zero-order valence-electron chi connectivity index (χ0n) is 11.2. The van der Waals surface area contributed by atoms with E-state index < -0.39 is 5.97 Å². The first-order valence-corrected chi connectivity index (χ1v) is 6.81. The molecular formula is C13H24N2O3. The molecule has 18 heavy (non-hydrogen) atoms. The monoisotopic (exact) mass is 256 g/mol. The number of nitrogens with zero attached hydrogens (tertiary/aromatic N) is 1. The minimum atomic E-state index is -0.843. The van der Waals surface area contributed by atoms with Gasteiger partial charge in [-0.1, -0.05) is 6.42 Å². The number of hydrogen-bond acceptors (Lipinski definition) is 3. The maximum Gasteiger partial charge on any atom is 0.303 e. The summed E-state index contributed by atoms with van der Waals surface area (Å²) in [5, 5.41) is 11.4. The van der Waals surface area contributed by atoms with Crippen LogP contribution in [0.5, 0.6) is 0 Å². The molecular weight excluding hydrogens is 232 g/mol. The third-order valence-electron chi connectivity index (χ3n) is 3.18. The number of rotatable bonds is 7. The van der Waals surface area contributed by atoms with Crippen LogP contribution in [0.25, 0.3) is 0 Å². The van der Waals surface area contributed by atoms with Gasteiger partial charge in [-0.25, -0.2) is 0 Å². The van der Waals surface area contributed by atoms with E-state index in [4.69, 9.17) is 5.11 Å². The third-order valence-corrected chi connectivity index (χ3v) is 3.18. The lowest BCUT2D eigenvalue weighted by Crippen LogP contribution is -2.43. The minimum Gasteiger partial charge on any atom is -0.481 e. The zero-order chi connectivity index (χ0) is 13.4. The second-order valence-corrected chi connectivity index (χ2v) is 5.08. The van der Waals surface area contributed by atoms with Gasteiger partial charge in [-0.2, -0.15) is 0 Å². The van der Waals surface area contributed by atoms with E-state index in [2.05, 4.69) is 10.2 Å². The van der Waals surface area contributed by atoms with Gasteiger partial charge in [-0.05, 0) is 39.3 Å². The van der Waals surface area contributed by atoms with E-state index in [0.29, 0.717) is 12.8 Å². The first-order valence-electron chi connectivity index (χ1n) is 6.81. The Labute approximate surface area is 109 Å². The Balaban J connectivity index is 2.12. The highest BCUT2D eigenvalue weighted by Gasteiger charge is 2.14. The molecule has 1 aliphatic rings. The smallest absolute Gasteiger partial charge is 0.303 e. The third kappa shape index (κ3) is 6.59. The number of amides is 1. The van der Waals surface area contributed by atoms with Gasteiger partial charge in [-0.15, -0.1) is 0 Å². The molecule has 0 aromatic rings. The van der Waals surface area contributed by atoms with Crippen LogP contribution < -0.4 is 5.32 Å². The predicted molar refractivity (Wildman–Crippen MR) is 69.4 cm³/mol. The Morgan fingerprint density at radius 3 is 2.50 bits per heavy atom. The summed E-state index contributed by atoms with van der Waals surface area (Å²) in [6.07, 6.45) is 4.59. The van der Waals surface area contributed by atoms with Crippen molar-refractivity contribution in [1.82, 2.24) is 10.2 Å². The molecule has 104 valence electrons. The number of carbonyl (C=O) groups excluding carboxylic acids is 1. The van der Waals surface area contributed by atoms with Gasteiger partial charge in [0.25, 0.3) is 0 Å². The van der Waals surface area contributed by atoms with E-state index in [0.717, 1.165) is 19.6 Å².